The normalized spacial score (nSPS) is 14.9. The highest BCUT2D eigenvalue weighted by molar-refractivity contribution is 7.09. The number of nitrogens with zero attached hydrogens (tertiary/aromatic N) is 1. The Bertz CT molecular complexity index is 716. The number of carbonyl (C=O) groups is 1. The summed E-state index contributed by atoms with van der Waals surface area (Å²) in [5.74, 6) is -1.56. The summed E-state index contributed by atoms with van der Waals surface area (Å²) in [4.78, 5) is 16.8. The Labute approximate surface area is 161 Å². The summed E-state index contributed by atoms with van der Waals surface area (Å²) in [6.07, 6.45) is 0.813. The van der Waals surface area contributed by atoms with E-state index in [-0.39, 0.29) is 0 Å². The number of rotatable bonds is 7. The van der Waals surface area contributed by atoms with Crippen molar-refractivity contribution in [1.29, 1.82) is 0 Å². The fourth-order valence-corrected chi connectivity index (χ4v) is 3.80. The molecule has 1 aromatic heterocycles. The minimum Gasteiger partial charge on any atom is -0.370 e. The first-order valence-electron chi connectivity index (χ1n) is 9.07. The van der Waals surface area contributed by atoms with E-state index in [2.05, 4.69) is 5.32 Å². The van der Waals surface area contributed by atoms with E-state index in [0.29, 0.717) is 13.1 Å². The van der Waals surface area contributed by atoms with E-state index < -0.39 is 23.4 Å². The number of anilines is 1. The Morgan fingerprint density at radius 2 is 1.93 bits per heavy atom. The molecule has 146 valence electrons. The Hall–Kier alpha value is -2.03. The molecule has 27 heavy (non-hydrogen) atoms. The monoisotopic (exact) mass is 396 g/mol. The van der Waals surface area contributed by atoms with Crippen LogP contribution in [-0.4, -0.2) is 50.3 Å². The molecule has 0 atom stereocenters. The largest absolute Gasteiger partial charge is 0.370 e. The minimum absolute atomic E-state index is 0.405. The van der Waals surface area contributed by atoms with E-state index in [1.165, 1.54) is 11.0 Å². The number of carbonyl (C=O) groups excluding carboxylic acids is 1. The average molecular weight is 396 g/mol. The van der Waals surface area contributed by atoms with Crippen molar-refractivity contribution < 1.29 is 23.2 Å². The van der Waals surface area contributed by atoms with E-state index in [1.54, 1.807) is 16.2 Å². The first kappa shape index (κ1) is 19.7. The number of amides is 2. The van der Waals surface area contributed by atoms with Gasteiger partial charge in [-0.05, 0) is 23.6 Å². The zero-order valence-electron chi connectivity index (χ0n) is 15.0. The molecule has 1 aliphatic heterocycles. The fraction of sp³-hybridized carbons (Fsp3) is 0.421. The van der Waals surface area contributed by atoms with Gasteiger partial charge in [0.25, 0.3) is 0 Å². The predicted molar refractivity (Wildman–Crippen MR) is 101 cm³/mol. The SMILES string of the molecule is O=C(Nc1c(F)cccc1F)N(CCC[NH+]1CCOCC1)Cc1cccs1. The third kappa shape index (κ3) is 5.72. The van der Waals surface area contributed by atoms with Crippen molar-refractivity contribution in [2.75, 3.05) is 44.7 Å². The van der Waals surface area contributed by atoms with E-state index in [0.717, 1.165) is 56.3 Å². The summed E-state index contributed by atoms with van der Waals surface area (Å²) >= 11 is 1.55. The summed E-state index contributed by atoms with van der Waals surface area (Å²) in [5, 5.41) is 4.34. The second-order valence-electron chi connectivity index (χ2n) is 6.49. The van der Waals surface area contributed by atoms with Gasteiger partial charge in [-0.1, -0.05) is 12.1 Å². The average Bonchev–Trinajstić information content (AvgIpc) is 3.18. The molecule has 1 saturated heterocycles. The standard InChI is InChI=1S/C19H23F2N3O2S/c20-16-5-1-6-17(21)18(16)22-19(25)24(14-15-4-2-13-27-15)8-3-7-23-9-11-26-12-10-23/h1-2,4-6,13H,3,7-12,14H2,(H,22,25)/p+1. The number of halogens is 2. The van der Waals surface area contributed by atoms with Crippen LogP contribution in [0, 0.1) is 11.6 Å². The van der Waals surface area contributed by atoms with Crippen molar-refractivity contribution in [3.8, 4) is 0 Å². The van der Waals surface area contributed by atoms with Gasteiger partial charge in [0, 0.05) is 17.8 Å². The molecule has 2 heterocycles. The molecule has 0 bridgehead atoms. The highest BCUT2D eigenvalue weighted by Crippen LogP contribution is 2.19. The van der Waals surface area contributed by atoms with E-state index in [1.807, 2.05) is 17.5 Å². The topological polar surface area (TPSA) is 46.0 Å². The number of thiophene rings is 1. The number of para-hydroxylation sites is 1. The van der Waals surface area contributed by atoms with Crippen molar-refractivity contribution in [3.63, 3.8) is 0 Å². The van der Waals surface area contributed by atoms with Crippen LogP contribution < -0.4 is 10.2 Å². The van der Waals surface area contributed by atoms with Crippen molar-refractivity contribution in [2.24, 2.45) is 0 Å². The number of urea groups is 1. The molecule has 1 aromatic carbocycles. The van der Waals surface area contributed by atoms with Gasteiger partial charge in [-0.2, -0.15) is 0 Å². The highest BCUT2D eigenvalue weighted by atomic mass is 32.1. The lowest BCUT2D eigenvalue weighted by molar-refractivity contribution is -0.908. The van der Waals surface area contributed by atoms with Crippen LogP contribution in [0.4, 0.5) is 19.3 Å². The fourth-order valence-electron chi connectivity index (χ4n) is 3.08. The van der Waals surface area contributed by atoms with E-state index >= 15 is 0 Å². The minimum atomic E-state index is -0.780. The molecule has 5 nitrogen and oxygen atoms in total. The number of quaternary nitrogens is 1. The van der Waals surface area contributed by atoms with Crippen molar-refractivity contribution in [1.82, 2.24) is 4.90 Å². The van der Waals surface area contributed by atoms with Crippen LogP contribution in [0.2, 0.25) is 0 Å². The summed E-state index contributed by atoms with van der Waals surface area (Å²) in [6.45, 7) is 5.34. The Morgan fingerprint density at radius 1 is 1.19 bits per heavy atom. The van der Waals surface area contributed by atoms with Crippen LogP contribution in [0.15, 0.2) is 35.7 Å². The molecule has 0 unspecified atom stereocenters. The van der Waals surface area contributed by atoms with Gasteiger partial charge in [0.05, 0.1) is 26.3 Å². The van der Waals surface area contributed by atoms with Crippen LogP contribution in [0.3, 0.4) is 0 Å². The van der Waals surface area contributed by atoms with E-state index in [9.17, 15) is 13.6 Å². The van der Waals surface area contributed by atoms with Gasteiger partial charge in [0.15, 0.2) is 0 Å². The quantitative estimate of drug-likeness (QED) is 0.755. The van der Waals surface area contributed by atoms with Crippen LogP contribution in [0.5, 0.6) is 0 Å². The number of benzene rings is 1. The molecular formula is C19H24F2N3O2S+. The lowest BCUT2D eigenvalue weighted by Gasteiger charge is -2.26. The molecule has 0 spiro atoms. The lowest BCUT2D eigenvalue weighted by Crippen LogP contribution is -3.14. The van der Waals surface area contributed by atoms with Crippen molar-refractivity contribution >= 4 is 23.1 Å². The number of ether oxygens (including phenoxy) is 1. The van der Waals surface area contributed by atoms with E-state index in [4.69, 9.17) is 4.74 Å². The van der Waals surface area contributed by atoms with Crippen molar-refractivity contribution in [3.05, 3.63) is 52.2 Å². The first-order chi connectivity index (χ1) is 13.1. The summed E-state index contributed by atoms with van der Waals surface area (Å²) in [6, 6.07) is 6.90. The van der Waals surface area contributed by atoms with Gasteiger partial charge in [-0.15, -0.1) is 11.3 Å². The number of morpholine rings is 1. The maximum absolute atomic E-state index is 13.9. The van der Waals surface area contributed by atoms with Crippen LogP contribution in [0.25, 0.3) is 0 Å². The first-order valence-corrected chi connectivity index (χ1v) is 9.95. The smallest absolute Gasteiger partial charge is 0.322 e. The molecule has 1 fully saturated rings. The summed E-state index contributed by atoms with van der Waals surface area (Å²) in [5.41, 5.74) is -0.405. The number of hydrogen-bond donors (Lipinski definition) is 2. The zero-order chi connectivity index (χ0) is 19.1. The Kier molecular flexibility index (Phi) is 7.14. The molecule has 0 saturated carbocycles. The maximum atomic E-state index is 13.9. The number of nitrogens with one attached hydrogen (secondary N) is 2. The maximum Gasteiger partial charge on any atom is 0.322 e. The Morgan fingerprint density at radius 3 is 2.59 bits per heavy atom. The van der Waals surface area contributed by atoms with Crippen LogP contribution >= 0.6 is 11.3 Å². The number of hydrogen-bond acceptors (Lipinski definition) is 3. The Balaban J connectivity index is 1.62. The molecule has 1 aliphatic rings. The molecular weight excluding hydrogens is 372 g/mol. The van der Waals surface area contributed by atoms with Crippen molar-refractivity contribution in [2.45, 2.75) is 13.0 Å². The van der Waals surface area contributed by atoms with Gasteiger partial charge in [0.2, 0.25) is 0 Å². The highest BCUT2D eigenvalue weighted by Gasteiger charge is 2.20. The third-order valence-corrected chi connectivity index (χ3v) is 5.43. The molecule has 8 heteroatoms. The second kappa shape index (κ2) is 9.77. The van der Waals surface area contributed by atoms with Gasteiger partial charge in [-0.3, -0.25) is 0 Å². The lowest BCUT2D eigenvalue weighted by atomic mass is 10.3. The molecule has 3 rings (SSSR count). The second-order valence-corrected chi connectivity index (χ2v) is 7.53. The van der Waals surface area contributed by atoms with Crippen LogP contribution in [-0.2, 0) is 11.3 Å². The summed E-state index contributed by atoms with van der Waals surface area (Å²) in [7, 11) is 0. The van der Waals surface area contributed by atoms with Gasteiger partial charge in [0.1, 0.15) is 30.4 Å². The zero-order valence-corrected chi connectivity index (χ0v) is 15.9. The molecule has 0 aliphatic carbocycles. The molecule has 2 aromatic rings. The van der Waals surface area contributed by atoms with Gasteiger partial charge in [-0.25, -0.2) is 13.6 Å². The third-order valence-electron chi connectivity index (χ3n) is 4.57. The van der Waals surface area contributed by atoms with Gasteiger partial charge < -0.3 is 19.9 Å². The van der Waals surface area contributed by atoms with Crippen LogP contribution in [0.1, 0.15) is 11.3 Å². The molecule has 2 amide bonds. The molecule has 0 radical (unpaired) electrons. The van der Waals surface area contributed by atoms with Gasteiger partial charge >= 0.3 is 6.03 Å². The molecule has 2 N–H and O–H groups in total. The predicted octanol–water partition coefficient (Wildman–Crippen LogP) is 2.37. The summed E-state index contributed by atoms with van der Waals surface area (Å²) < 4.78 is 33.1.